The summed E-state index contributed by atoms with van der Waals surface area (Å²) < 4.78 is 0. The molecule has 1 amide bonds. The van der Waals surface area contributed by atoms with E-state index in [-0.39, 0.29) is 16.1 Å². The van der Waals surface area contributed by atoms with Crippen molar-refractivity contribution in [1.82, 2.24) is 4.98 Å². The van der Waals surface area contributed by atoms with Crippen LogP contribution in [0.3, 0.4) is 0 Å². The Balaban J connectivity index is 2.22. The minimum absolute atomic E-state index is 0.0150. The standard InChI is InChI=1S/C13H9ClN2O4/c14-10-6-8(1-2-9(10)13(19)20)16-12(18)7-3-4-15-11(17)5-7/h1-6H,(H,15,17)(H,16,18)(H,19,20). The highest BCUT2D eigenvalue weighted by atomic mass is 35.5. The zero-order valence-corrected chi connectivity index (χ0v) is 10.8. The number of hydrogen-bond acceptors (Lipinski definition) is 3. The summed E-state index contributed by atoms with van der Waals surface area (Å²) in [6, 6.07) is 6.64. The number of hydrogen-bond donors (Lipinski definition) is 3. The maximum absolute atomic E-state index is 11.9. The number of carbonyl (C=O) groups is 2. The topological polar surface area (TPSA) is 99.3 Å². The van der Waals surface area contributed by atoms with Gasteiger partial charge in [0, 0.05) is 23.5 Å². The van der Waals surface area contributed by atoms with Crippen LogP contribution in [0.25, 0.3) is 0 Å². The van der Waals surface area contributed by atoms with Crippen molar-refractivity contribution < 1.29 is 14.7 Å². The molecular weight excluding hydrogens is 284 g/mol. The van der Waals surface area contributed by atoms with E-state index in [9.17, 15) is 14.4 Å². The third-order valence-corrected chi connectivity index (χ3v) is 2.81. The second-order valence-corrected chi connectivity index (χ2v) is 4.30. The van der Waals surface area contributed by atoms with E-state index in [4.69, 9.17) is 16.7 Å². The maximum Gasteiger partial charge on any atom is 0.337 e. The van der Waals surface area contributed by atoms with Gasteiger partial charge >= 0.3 is 5.97 Å². The van der Waals surface area contributed by atoms with Crippen LogP contribution in [0, 0.1) is 0 Å². The number of carbonyl (C=O) groups excluding carboxylic acids is 1. The largest absolute Gasteiger partial charge is 0.478 e. The summed E-state index contributed by atoms with van der Waals surface area (Å²) in [4.78, 5) is 36.2. The van der Waals surface area contributed by atoms with Gasteiger partial charge in [0.2, 0.25) is 5.56 Å². The second-order valence-electron chi connectivity index (χ2n) is 3.90. The quantitative estimate of drug-likeness (QED) is 0.805. The number of carboxylic acid groups (broad SMARTS) is 1. The smallest absolute Gasteiger partial charge is 0.337 e. The van der Waals surface area contributed by atoms with Gasteiger partial charge in [0.1, 0.15) is 0 Å². The molecule has 0 bridgehead atoms. The SMILES string of the molecule is O=C(Nc1ccc(C(=O)O)c(Cl)c1)c1cc[nH]c(=O)c1. The van der Waals surface area contributed by atoms with E-state index in [2.05, 4.69) is 10.3 Å². The van der Waals surface area contributed by atoms with Gasteiger partial charge in [-0.15, -0.1) is 0 Å². The van der Waals surface area contributed by atoms with Gasteiger partial charge in [0.05, 0.1) is 10.6 Å². The molecule has 0 saturated heterocycles. The molecule has 3 N–H and O–H groups in total. The number of aromatic carboxylic acids is 1. The summed E-state index contributed by atoms with van der Waals surface area (Å²) in [5, 5.41) is 11.4. The molecule has 20 heavy (non-hydrogen) atoms. The van der Waals surface area contributed by atoms with E-state index in [0.29, 0.717) is 5.69 Å². The third-order valence-electron chi connectivity index (χ3n) is 2.49. The molecule has 0 aliphatic heterocycles. The van der Waals surface area contributed by atoms with Gasteiger partial charge in [-0.3, -0.25) is 9.59 Å². The van der Waals surface area contributed by atoms with Crippen LogP contribution in [0.5, 0.6) is 0 Å². The molecule has 0 fully saturated rings. The third kappa shape index (κ3) is 3.04. The highest BCUT2D eigenvalue weighted by Gasteiger charge is 2.11. The molecular formula is C13H9ClN2O4. The van der Waals surface area contributed by atoms with E-state index in [1.54, 1.807) is 0 Å². The van der Waals surface area contributed by atoms with E-state index in [0.717, 1.165) is 6.07 Å². The number of anilines is 1. The summed E-state index contributed by atoms with van der Waals surface area (Å²) in [6.07, 6.45) is 1.36. The van der Waals surface area contributed by atoms with Crippen molar-refractivity contribution in [3.05, 3.63) is 63.0 Å². The van der Waals surface area contributed by atoms with E-state index < -0.39 is 17.4 Å². The lowest BCUT2D eigenvalue weighted by molar-refractivity contribution is 0.0697. The molecule has 0 aliphatic rings. The summed E-state index contributed by atoms with van der Waals surface area (Å²) >= 11 is 5.79. The Kier molecular flexibility index (Phi) is 3.86. The fraction of sp³-hybridized carbons (Fsp3) is 0. The average Bonchev–Trinajstić information content (AvgIpc) is 2.38. The summed E-state index contributed by atoms with van der Waals surface area (Å²) in [7, 11) is 0. The number of H-pyrrole nitrogens is 1. The molecule has 2 rings (SSSR count). The molecule has 0 aliphatic carbocycles. The average molecular weight is 293 g/mol. The van der Waals surface area contributed by atoms with Crippen LogP contribution in [0.2, 0.25) is 5.02 Å². The van der Waals surface area contributed by atoms with Crippen molar-refractivity contribution in [1.29, 1.82) is 0 Å². The fourth-order valence-corrected chi connectivity index (χ4v) is 1.82. The molecule has 0 atom stereocenters. The molecule has 1 heterocycles. The number of amides is 1. The lowest BCUT2D eigenvalue weighted by Gasteiger charge is -2.06. The van der Waals surface area contributed by atoms with Gasteiger partial charge in [0.15, 0.2) is 0 Å². The Hall–Kier alpha value is -2.60. The van der Waals surface area contributed by atoms with E-state index in [1.165, 1.54) is 30.5 Å². The normalized spacial score (nSPS) is 10.1. The van der Waals surface area contributed by atoms with Gasteiger partial charge in [-0.25, -0.2) is 4.79 Å². The van der Waals surface area contributed by atoms with Crippen molar-refractivity contribution >= 4 is 29.2 Å². The summed E-state index contributed by atoms with van der Waals surface area (Å²) in [5.74, 6) is -1.64. The van der Waals surface area contributed by atoms with Crippen LogP contribution < -0.4 is 10.9 Å². The number of carboxylic acids is 1. The molecule has 0 unspecified atom stereocenters. The monoisotopic (exact) mass is 292 g/mol. The number of benzene rings is 1. The second kappa shape index (κ2) is 5.58. The first-order chi connectivity index (χ1) is 9.47. The Morgan fingerprint density at radius 2 is 1.95 bits per heavy atom. The first kappa shape index (κ1) is 13.8. The van der Waals surface area contributed by atoms with Crippen LogP contribution >= 0.6 is 11.6 Å². The van der Waals surface area contributed by atoms with Crippen molar-refractivity contribution in [3.63, 3.8) is 0 Å². The summed E-state index contributed by atoms with van der Waals surface area (Å²) in [6.45, 7) is 0. The number of aromatic nitrogens is 1. The molecule has 1 aromatic heterocycles. The molecule has 102 valence electrons. The zero-order valence-electron chi connectivity index (χ0n) is 10.0. The molecule has 0 saturated carbocycles. The number of aromatic amines is 1. The van der Waals surface area contributed by atoms with Crippen LogP contribution in [-0.2, 0) is 0 Å². The van der Waals surface area contributed by atoms with E-state index >= 15 is 0 Å². The Labute approximate surface area is 118 Å². The van der Waals surface area contributed by atoms with Crippen molar-refractivity contribution in [2.75, 3.05) is 5.32 Å². The van der Waals surface area contributed by atoms with Crippen LogP contribution in [0.4, 0.5) is 5.69 Å². The highest BCUT2D eigenvalue weighted by molar-refractivity contribution is 6.33. The maximum atomic E-state index is 11.9. The first-order valence-electron chi connectivity index (χ1n) is 5.50. The number of nitrogens with one attached hydrogen (secondary N) is 2. The van der Waals surface area contributed by atoms with Gasteiger partial charge in [-0.1, -0.05) is 11.6 Å². The lowest BCUT2D eigenvalue weighted by Crippen LogP contribution is -2.15. The molecule has 7 heteroatoms. The first-order valence-corrected chi connectivity index (χ1v) is 5.88. The lowest BCUT2D eigenvalue weighted by atomic mass is 10.2. The molecule has 6 nitrogen and oxygen atoms in total. The number of halogens is 1. The predicted octanol–water partition coefficient (Wildman–Crippen LogP) is 1.98. The van der Waals surface area contributed by atoms with Crippen LogP contribution in [0.1, 0.15) is 20.7 Å². The Morgan fingerprint density at radius 3 is 2.55 bits per heavy atom. The van der Waals surface area contributed by atoms with Crippen molar-refractivity contribution in [2.45, 2.75) is 0 Å². The van der Waals surface area contributed by atoms with E-state index in [1.807, 2.05) is 0 Å². The van der Waals surface area contributed by atoms with Crippen molar-refractivity contribution in [2.24, 2.45) is 0 Å². The van der Waals surface area contributed by atoms with Gasteiger partial charge in [-0.2, -0.15) is 0 Å². The summed E-state index contributed by atoms with van der Waals surface area (Å²) in [5.41, 5.74) is 0.0789. The zero-order chi connectivity index (χ0) is 14.7. The minimum Gasteiger partial charge on any atom is -0.478 e. The minimum atomic E-state index is -1.15. The van der Waals surface area contributed by atoms with Gasteiger partial charge < -0.3 is 15.4 Å². The number of pyridine rings is 1. The Bertz CT molecular complexity index is 739. The van der Waals surface area contributed by atoms with Gasteiger partial charge in [0.25, 0.3) is 5.91 Å². The van der Waals surface area contributed by atoms with Gasteiger partial charge in [-0.05, 0) is 24.3 Å². The molecule has 2 aromatic rings. The molecule has 1 aromatic carbocycles. The fourth-order valence-electron chi connectivity index (χ4n) is 1.56. The highest BCUT2D eigenvalue weighted by Crippen LogP contribution is 2.21. The number of rotatable bonds is 3. The van der Waals surface area contributed by atoms with Crippen LogP contribution in [-0.4, -0.2) is 22.0 Å². The van der Waals surface area contributed by atoms with Crippen LogP contribution in [0.15, 0.2) is 41.3 Å². The Morgan fingerprint density at radius 1 is 1.20 bits per heavy atom. The molecule has 0 radical (unpaired) electrons. The van der Waals surface area contributed by atoms with Crippen molar-refractivity contribution in [3.8, 4) is 0 Å². The predicted molar refractivity (Wildman–Crippen MR) is 73.4 cm³/mol. The molecule has 0 spiro atoms.